The van der Waals surface area contributed by atoms with E-state index in [1.54, 1.807) is 6.07 Å². The van der Waals surface area contributed by atoms with Crippen molar-refractivity contribution in [2.45, 2.75) is 44.7 Å². The quantitative estimate of drug-likeness (QED) is 0.865. The lowest BCUT2D eigenvalue weighted by Gasteiger charge is -2.20. The zero-order valence-electron chi connectivity index (χ0n) is 10.0. The fourth-order valence-electron chi connectivity index (χ4n) is 2.48. The summed E-state index contributed by atoms with van der Waals surface area (Å²) in [4.78, 5) is 0. The van der Waals surface area contributed by atoms with Gasteiger partial charge >= 0.3 is 0 Å². The smallest absolute Gasteiger partial charge is 0.123 e. The maximum Gasteiger partial charge on any atom is 0.123 e. The largest absolute Gasteiger partial charge is 0.306 e. The van der Waals surface area contributed by atoms with Gasteiger partial charge in [-0.3, -0.25) is 0 Å². The molecule has 0 amide bonds. The van der Waals surface area contributed by atoms with Crippen LogP contribution in [0.15, 0.2) is 18.2 Å². The second-order valence-electron chi connectivity index (χ2n) is 4.57. The first kappa shape index (κ1) is 12.1. The Morgan fingerprint density at radius 1 is 1.59 bits per heavy atom. The molecule has 3 heteroatoms. The summed E-state index contributed by atoms with van der Waals surface area (Å²) in [7, 11) is 0. The maximum absolute atomic E-state index is 13.1. The lowest BCUT2D eigenvalue weighted by molar-refractivity contribution is 0.426. The molecule has 90 valence electrons. The van der Waals surface area contributed by atoms with Crippen LogP contribution in [-0.2, 0) is 6.42 Å². The van der Waals surface area contributed by atoms with Gasteiger partial charge in [-0.05, 0) is 42.5 Å². The summed E-state index contributed by atoms with van der Waals surface area (Å²) in [6.45, 7) is 2.08. The summed E-state index contributed by atoms with van der Waals surface area (Å²) < 4.78 is 13.1. The first-order chi connectivity index (χ1) is 8.24. The minimum Gasteiger partial charge on any atom is -0.306 e. The maximum atomic E-state index is 13.1. The molecule has 0 spiro atoms. The normalized spacial score (nSPS) is 19.7. The Kier molecular flexibility index (Phi) is 3.75. The van der Waals surface area contributed by atoms with Crippen LogP contribution < -0.4 is 5.32 Å². The number of halogens is 1. The SMILES string of the molecule is CCC(CC#N)NC1CCc2cc(F)ccc21. The van der Waals surface area contributed by atoms with Crippen molar-refractivity contribution in [3.8, 4) is 6.07 Å². The monoisotopic (exact) mass is 232 g/mol. The van der Waals surface area contributed by atoms with Crippen LogP contribution in [-0.4, -0.2) is 6.04 Å². The fourth-order valence-corrected chi connectivity index (χ4v) is 2.48. The molecule has 2 rings (SSSR count). The molecule has 1 aliphatic rings. The molecule has 2 nitrogen and oxygen atoms in total. The molecular formula is C14H17FN2. The molecule has 1 N–H and O–H groups in total. The van der Waals surface area contributed by atoms with Gasteiger partial charge in [0.1, 0.15) is 5.82 Å². The predicted molar refractivity (Wildman–Crippen MR) is 64.9 cm³/mol. The number of fused-ring (bicyclic) bond motifs is 1. The zero-order valence-corrected chi connectivity index (χ0v) is 10.0. The number of nitrogens with one attached hydrogen (secondary N) is 1. The fraction of sp³-hybridized carbons (Fsp3) is 0.500. The molecule has 2 unspecified atom stereocenters. The van der Waals surface area contributed by atoms with Crippen LogP contribution in [0.1, 0.15) is 43.4 Å². The number of nitriles is 1. The summed E-state index contributed by atoms with van der Waals surface area (Å²) in [5.74, 6) is -0.159. The Balaban J connectivity index is 2.09. The molecule has 0 fully saturated rings. The molecule has 1 aromatic rings. The van der Waals surface area contributed by atoms with Crippen LogP contribution in [0.4, 0.5) is 4.39 Å². The molecule has 0 radical (unpaired) electrons. The van der Waals surface area contributed by atoms with Crippen molar-refractivity contribution in [1.82, 2.24) is 5.32 Å². The highest BCUT2D eigenvalue weighted by Crippen LogP contribution is 2.32. The van der Waals surface area contributed by atoms with E-state index < -0.39 is 0 Å². The van der Waals surface area contributed by atoms with Crippen LogP contribution in [0.3, 0.4) is 0 Å². The molecular weight excluding hydrogens is 215 g/mol. The second-order valence-corrected chi connectivity index (χ2v) is 4.57. The van der Waals surface area contributed by atoms with Gasteiger partial charge in [0.05, 0.1) is 12.5 Å². The molecule has 0 saturated carbocycles. The van der Waals surface area contributed by atoms with Crippen LogP contribution >= 0.6 is 0 Å². The van der Waals surface area contributed by atoms with Crippen molar-refractivity contribution in [3.05, 3.63) is 35.1 Å². The first-order valence-corrected chi connectivity index (χ1v) is 6.16. The Labute approximate surface area is 101 Å². The molecule has 0 bridgehead atoms. The highest BCUT2D eigenvalue weighted by Gasteiger charge is 2.24. The average molecular weight is 232 g/mol. The van der Waals surface area contributed by atoms with Crippen molar-refractivity contribution in [3.63, 3.8) is 0 Å². The van der Waals surface area contributed by atoms with Gasteiger partial charge in [-0.1, -0.05) is 13.0 Å². The summed E-state index contributed by atoms with van der Waals surface area (Å²) in [6.07, 6.45) is 3.40. The highest BCUT2D eigenvalue weighted by molar-refractivity contribution is 5.35. The summed E-state index contributed by atoms with van der Waals surface area (Å²) in [5, 5.41) is 12.2. The van der Waals surface area contributed by atoms with Crippen LogP contribution in [0.2, 0.25) is 0 Å². The van der Waals surface area contributed by atoms with Gasteiger partial charge in [0.2, 0.25) is 0 Å². The van der Waals surface area contributed by atoms with Gasteiger partial charge in [-0.15, -0.1) is 0 Å². The van der Waals surface area contributed by atoms with E-state index in [9.17, 15) is 4.39 Å². The van der Waals surface area contributed by atoms with Crippen LogP contribution in [0.25, 0.3) is 0 Å². The number of aryl methyl sites for hydroxylation is 1. The Hall–Kier alpha value is -1.40. The van der Waals surface area contributed by atoms with Gasteiger partial charge in [0.25, 0.3) is 0 Å². The van der Waals surface area contributed by atoms with Gasteiger partial charge in [-0.25, -0.2) is 4.39 Å². The molecule has 0 heterocycles. The Morgan fingerprint density at radius 2 is 2.41 bits per heavy atom. The zero-order chi connectivity index (χ0) is 12.3. The number of hydrogen-bond acceptors (Lipinski definition) is 2. The third-order valence-corrected chi connectivity index (χ3v) is 3.45. The molecule has 0 aliphatic heterocycles. The highest BCUT2D eigenvalue weighted by atomic mass is 19.1. The lowest BCUT2D eigenvalue weighted by atomic mass is 10.1. The number of hydrogen-bond donors (Lipinski definition) is 1. The summed E-state index contributed by atoms with van der Waals surface area (Å²) in [6, 6.07) is 7.74. The van der Waals surface area contributed by atoms with Gasteiger partial charge < -0.3 is 5.32 Å². The summed E-state index contributed by atoms with van der Waals surface area (Å²) >= 11 is 0. The van der Waals surface area contributed by atoms with Crippen molar-refractivity contribution >= 4 is 0 Å². The van der Waals surface area contributed by atoms with E-state index in [0.717, 1.165) is 24.8 Å². The molecule has 1 aromatic carbocycles. The first-order valence-electron chi connectivity index (χ1n) is 6.16. The van der Waals surface area contributed by atoms with E-state index in [1.165, 1.54) is 11.6 Å². The van der Waals surface area contributed by atoms with E-state index in [4.69, 9.17) is 5.26 Å². The van der Waals surface area contributed by atoms with Crippen molar-refractivity contribution in [1.29, 1.82) is 5.26 Å². The lowest BCUT2D eigenvalue weighted by Crippen LogP contribution is -2.31. The van der Waals surface area contributed by atoms with Gasteiger partial charge in [-0.2, -0.15) is 5.26 Å². The topological polar surface area (TPSA) is 35.8 Å². The minimum absolute atomic E-state index is 0.159. The van der Waals surface area contributed by atoms with Crippen LogP contribution in [0, 0.1) is 17.1 Å². The van der Waals surface area contributed by atoms with E-state index in [1.807, 2.05) is 6.07 Å². The number of nitrogens with zero attached hydrogens (tertiary/aromatic N) is 1. The third-order valence-electron chi connectivity index (χ3n) is 3.45. The molecule has 0 saturated heterocycles. The van der Waals surface area contributed by atoms with E-state index >= 15 is 0 Å². The molecule has 1 aliphatic carbocycles. The second kappa shape index (κ2) is 5.29. The standard InChI is InChI=1S/C14H17FN2/c1-2-12(7-8-16)17-14-6-3-10-9-11(15)4-5-13(10)14/h4-5,9,12,14,17H,2-3,6-7H2,1H3. The third kappa shape index (κ3) is 2.65. The molecule has 2 atom stereocenters. The van der Waals surface area contributed by atoms with E-state index in [0.29, 0.717) is 6.42 Å². The molecule has 17 heavy (non-hydrogen) atoms. The summed E-state index contributed by atoms with van der Waals surface area (Å²) in [5.41, 5.74) is 2.30. The predicted octanol–water partition coefficient (Wildman–Crippen LogP) is 3.09. The Bertz CT molecular complexity index is 436. The van der Waals surface area contributed by atoms with Crippen molar-refractivity contribution in [2.75, 3.05) is 0 Å². The Morgan fingerprint density at radius 3 is 3.12 bits per heavy atom. The van der Waals surface area contributed by atoms with Crippen molar-refractivity contribution < 1.29 is 4.39 Å². The van der Waals surface area contributed by atoms with Crippen molar-refractivity contribution in [2.24, 2.45) is 0 Å². The average Bonchev–Trinajstić information content (AvgIpc) is 2.71. The number of rotatable bonds is 4. The minimum atomic E-state index is -0.159. The van der Waals surface area contributed by atoms with Gasteiger partial charge in [0, 0.05) is 12.1 Å². The molecule has 0 aromatic heterocycles. The number of benzene rings is 1. The van der Waals surface area contributed by atoms with Crippen LogP contribution in [0.5, 0.6) is 0 Å². The van der Waals surface area contributed by atoms with E-state index in [2.05, 4.69) is 18.3 Å². The van der Waals surface area contributed by atoms with Gasteiger partial charge in [0.15, 0.2) is 0 Å². The van der Waals surface area contributed by atoms with E-state index in [-0.39, 0.29) is 17.9 Å².